The molecule has 0 saturated carbocycles. The Bertz CT molecular complexity index is 1250. The number of benzene rings is 1. The lowest BCUT2D eigenvalue weighted by molar-refractivity contribution is -0.146. The lowest BCUT2D eigenvalue weighted by Crippen LogP contribution is -2.23. The number of hydrogen-bond acceptors (Lipinski definition) is 6. The molecule has 0 amide bonds. The lowest BCUT2D eigenvalue weighted by Gasteiger charge is -2.18. The SMILES string of the molecule is Nc1cc(C(F)(F)F)c2nc1-c1nnc(o1)C(C(F)(F)F)c1cc(ccc1F)CCCCC2=O. The third-order valence-electron chi connectivity index (χ3n) is 5.33. The van der Waals surface area contributed by atoms with E-state index >= 15 is 0 Å². The number of hydrogen-bond donors (Lipinski definition) is 1. The summed E-state index contributed by atoms with van der Waals surface area (Å²) in [7, 11) is 0. The predicted octanol–water partition coefficient (Wildman–Crippen LogP) is 5.48. The molecule has 1 atom stereocenters. The van der Waals surface area contributed by atoms with Gasteiger partial charge in [0.25, 0.3) is 5.89 Å². The molecule has 34 heavy (non-hydrogen) atoms. The van der Waals surface area contributed by atoms with Gasteiger partial charge < -0.3 is 10.2 Å². The van der Waals surface area contributed by atoms with Crippen molar-refractivity contribution >= 4 is 11.5 Å². The quantitative estimate of drug-likeness (QED) is 0.422. The number of nitrogens with two attached hydrogens (primary N) is 1. The molecule has 2 N–H and O–H groups in total. The van der Waals surface area contributed by atoms with Crippen LogP contribution in [0.2, 0.25) is 0 Å². The summed E-state index contributed by atoms with van der Waals surface area (Å²) in [5.74, 6) is -6.52. The van der Waals surface area contributed by atoms with Crippen molar-refractivity contribution in [1.29, 1.82) is 0 Å². The van der Waals surface area contributed by atoms with Gasteiger partial charge in [-0.25, -0.2) is 9.37 Å². The van der Waals surface area contributed by atoms with Crippen molar-refractivity contribution in [3.8, 4) is 11.6 Å². The molecule has 0 saturated heterocycles. The Morgan fingerprint density at radius 1 is 0.971 bits per heavy atom. The molecule has 1 unspecified atom stereocenters. The second-order valence-electron chi connectivity index (χ2n) is 7.73. The van der Waals surface area contributed by atoms with Gasteiger partial charge in [-0.2, -0.15) is 26.3 Å². The van der Waals surface area contributed by atoms with Crippen LogP contribution in [-0.2, 0) is 12.6 Å². The van der Waals surface area contributed by atoms with Crippen LogP contribution in [-0.4, -0.2) is 27.1 Å². The fourth-order valence-electron chi connectivity index (χ4n) is 3.73. The third-order valence-corrected chi connectivity index (χ3v) is 5.33. The van der Waals surface area contributed by atoms with Crippen molar-refractivity contribution in [2.24, 2.45) is 0 Å². The Labute approximate surface area is 187 Å². The molecule has 3 aromatic rings. The Morgan fingerprint density at radius 3 is 2.35 bits per heavy atom. The molecule has 1 aliphatic rings. The second-order valence-corrected chi connectivity index (χ2v) is 7.73. The van der Waals surface area contributed by atoms with E-state index in [0.717, 1.165) is 12.1 Å². The van der Waals surface area contributed by atoms with Crippen LogP contribution >= 0.6 is 0 Å². The van der Waals surface area contributed by atoms with Gasteiger partial charge in [-0.05, 0) is 37.0 Å². The van der Waals surface area contributed by atoms with E-state index in [1.807, 2.05) is 0 Å². The first-order chi connectivity index (χ1) is 15.9. The zero-order valence-corrected chi connectivity index (χ0v) is 17.1. The largest absolute Gasteiger partial charge is 0.418 e. The molecule has 6 bridgehead atoms. The molecular weight excluding hydrogens is 473 g/mol. The minimum Gasteiger partial charge on any atom is -0.418 e. The molecule has 0 fully saturated rings. The van der Waals surface area contributed by atoms with Crippen LogP contribution in [0, 0.1) is 5.82 Å². The van der Waals surface area contributed by atoms with Crippen molar-refractivity contribution in [2.75, 3.05) is 5.73 Å². The maximum absolute atomic E-state index is 14.5. The topological polar surface area (TPSA) is 94.9 Å². The Hall–Kier alpha value is -3.51. The summed E-state index contributed by atoms with van der Waals surface area (Å²) >= 11 is 0. The monoisotopic (exact) mass is 488 g/mol. The first-order valence-electron chi connectivity index (χ1n) is 9.96. The molecule has 0 aliphatic carbocycles. The Morgan fingerprint density at radius 2 is 1.68 bits per heavy atom. The van der Waals surface area contributed by atoms with Crippen molar-refractivity contribution in [1.82, 2.24) is 15.2 Å². The van der Waals surface area contributed by atoms with E-state index in [4.69, 9.17) is 10.2 Å². The Balaban J connectivity index is 1.94. The zero-order valence-electron chi connectivity index (χ0n) is 17.1. The summed E-state index contributed by atoms with van der Waals surface area (Å²) in [5, 5.41) is 6.78. The highest BCUT2D eigenvalue weighted by Gasteiger charge is 2.47. The number of nitrogen functional groups attached to an aromatic ring is 1. The fourth-order valence-corrected chi connectivity index (χ4v) is 3.73. The molecule has 4 rings (SSSR count). The second kappa shape index (κ2) is 8.37. The number of carbonyl (C=O) groups is 1. The first kappa shape index (κ1) is 23.6. The molecule has 0 spiro atoms. The van der Waals surface area contributed by atoms with Crippen molar-refractivity contribution in [3.05, 3.63) is 58.4 Å². The number of aromatic nitrogens is 3. The van der Waals surface area contributed by atoms with Crippen LogP contribution in [0.25, 0.3) is 11.6 Å². The van der Waals surface area contributed by atoms with E-state index in [-0.39, 0.29) is 25.7 Å². The third kappa shape index (κ3) is 4.46. The standard InChI is InChI=1S/C21H15F7N4O2/c22-12-6-5-9-3-1-2-4-14(33)16-11(20(23,24)25)8-13(29)17(30-16)19-32-31-18(34-19)15(10(12)7-9)21(26,27)28/h5-8,15H,1-4,29H2. The number of aryl methyl sites for hydroxylation is 1. The lowest BCUT2D eigenvalue weighted by atomic mass is 9.94. The average molecular weight is 488 g/mol. The minimum absolute atomic E-state index is 0.122. The van der Waals surface area contributed by atoms with Crippen molar-refractivity contribution in [2.45, 2.75) is 44.0 Å². The summed E-state index contributed by atoms with van der Waals surface area (Å²) in [5.41, 5.74) is 1.68. The highest BCUT2D eigenvalue weighted by molar-refractivity contribution is 5.97. The van der Waals surface area contributed by atoms with Crippen molar-refractivity contribution < 1.29 is 39.9 Å². The smallest absolute Gasteiger partial charge is 0.418 e. The van der Waals surface area contributed by atoms with E-state index in [9.17, 15) is 35.5 Å². The molecular formula is C21H15F7N4O2. The first-order valence-corrected chi connectivity index (χ1v) is 9.96. The Kier molecular flexibility index (Phi) is 5.82. The highest BCUT2D eigenvalue weighted by atomic mass is 19.4. The highest BCUT2D eigenvalue weighted by Crippen LogP contribution is 2.42. The van der Waals surface area contributed by atoms with E-state index in [1.165, 1.54) is 6.07 Å². The number of halogens is 7. The van der Waals surface area contributed by atoms with Gasteiger partial charge in [0.1, 0.15) is 11.5 Å². The number of ketones is 1. The van der Waals surface area contributed by atoms with Crippen molar-refractivity contribution in [3.63, 3.8) is 0 Å². The maximum atomic E-state index is 14.5. The number of nitrogens with zero attached hydrogens (tertiary/aromatic N) is 3. The van der Waals surface area contributed by atoms with E-state index < -0.39 is 69.9 Å². The predicted molar refractivity (Wildman–Crippen MR) is 103 cm³/mol. The number of pyridine rings is 1. The average Bonchev–Trinajstić information content (AvgIpc) is 3.19. The summed E-state index contributed by atoms with van der Waals surface area (Å²) in [4.78, 5) is 16.3. The minimum atomic E-state index is -5.04. The summed E-state index contributed by atoms with van der Waals surface area (Å²) in [6.07, 6.45) is -9.79. The van der Waals surface area contributed by atoms with Gasteiger partial charge in [-0.1, -0.05) is 12.1 Å². The van der Waals surface area contributed by atoms with Gasteiger partial charge in [0.15, 0.2) is 17.4 Å². The number of rotatable bonds is 0. The molecule has 3 heterocycles. The number of Topliss-reactive ketones (excluding diaryl/α,β-unsaturated/α-hetero) is 1. The fraction of sp³-hybridized carbons (Fsp3) is 0.333. The molecule has 13 heteroatoms. The molecule has 1 aromatic carbocycles. The van der Waals surface area contributed by atoms with Crippen LogP contribution in [0.3, 0.4) is 0 Å². The normalized spacial score (nSPS) is 17.3. The molecule has 180 valence electrons. The van der Waals surface area contributed by atoms with Crippen LogP contribution in [0.15, 0.2) is 28.7 Å². The number of anilines is 1. The molecule has 2 aromatic heterocycles. The van der Waals surface area contributed by atoms with E-state index in [0.29, 0.717) is 11.6 Å². The van der Waals surface area contributed by atoms with Gasteiger partial charge >= 0.3 is 12.4 Å². The van der Waals surface area contributed by atoms with Gasteiger partial charge in [-0.15, -0.1) is 10.2 Å². The van der Waals surface area contributed by atoms with Gasteiger partial charge in [0, 0.05) is 12.0 Å². The number of carbonyl (C=O) groups excluding carboxylic acids is 1. The summed E-state index contributed by atoms with van der Waals surface area (Å²) in [6.45, 7) is 0. The van der Waals surface area contributed by atoms with Gasteiger partial charge in [0.05, 0.1) is 11.3 Å². The number of fused-ring (bicyclic) bond motifs is 7. The summed E-state index contributed by atoms with van der Waals surface area (Å²) < 4.78 is 102. The van der Waals surface area contributed by atoms with E-state index in [2.05, 4.69) is 15.2 Å². The van der Waals surface area contributed by atoms with Gasteiger partial charge in [0.2, 0.25) is 5.89 Å². The zero-order chi connectivity index (χ0) is 24.8. The van der Waals surface area contributed by atoms with Crippen LogP contribution in [0.5, 0.6) is 0 Å². The number of alkyl halides is 6. The maximum Gasteiger partial charge on any atom is 0.418 e. The van der Waals surface area contributed by atoms with Crippen LogP contribution in [0.1, 0.15) is 58.2 Å². The van der Waals surface area contributed by atoms with E-state index in [1.54, 1.807) is 0 Å². The van der Waals surface area contributed by atoms with Gasteiger partial charge in [-0.3, -0.25) is 4.79 Å². The van der Waals surface area contributed by atoms with Crippen LogP contribution < -0.4 is 5.73 Å². The van der Waals surface area contributed by atoms with Crippen LogP contribution in [0.4, 0.5) is 36.4 Å². The molecule has 1 aliphatic heterocycles. The molecule has 6 nitrogen and oxygen atoms in total. The molecule has 0 radical (unpaired) electrons. The summed E-state index contributed by atoms with van der Waals surface area (Å²) in [6, 6.07) is 3.63.